The van der Waals surface area contributed by atoms with Gasteiger partial charge in [0.2, 0.25) is 10.0 Å². The van der Waals surface area contributed by atoms with Crippen molar-refractivity contribution >= 4 is 25.9 Å². The largest absolute Gasteiger partial charge is 0.493 e. The number of piperazine rings is 1. The van der Waals surface area contributed by atoms with Crippen molar-refractivity contribution < 1.29 is 35.4 Å². The number of carbonyl (C=O) groups is 1. The summed E-state index contributed by atoms with van der Waals surface area (Å²) < 4.78 is 65.4. The fraction of sp³-hybridized carbons (Fsp3) is 0.409. The molecule has 3 N–H and O–H groups in total. The Morgan fingerprint density at radius 3 is 2.46 bits per heavy atom. The zero-order valence-electron chi connectivity index (χ0n) is 19.5. The number of nitrogens with zero attached hydrogens (tertiary/aromatic N) is 1. The minimum absolute atomic E-state index is 0.0234. The molecule has 2 aromatic rings. The maximum absolute atomic E-state index is 13.5. The molecule has 0 radical (unpaired) electrons. The number of Topliss-reactive ketones (excluding diaryl/α,β-unsaturated/α-hetero) is 1. The molecule has 3 rings (SSSR count). The van der Waals surface area contributed by atoms with Gasteiger partial charge in [0, 0.05) is 32.1 Å². The van der Waals surface area contributed by atoms with Gasteiger partial charge < -0.3 is 19.1 Å². The molecule has 1 unspecified atom stereocenters. The summed E-state index contributed by atoms with van der Waals surface area (Å²) in [5, 5.41) is 2.98. The van der Waals surface area contributed by atoms with E-state index in [0.717, 1.165) is 10.4 Å². The summed E-state index contributed by atoms with van der Waals surface area (Å²) in [6.07, 6.45) is 0.525. The topological polar surface area (TPSA) is 154 Å². The SMILES string of the molecule is CC(=O)C1CNCCN1S(=O)(=O)c1ccccc1S(=O)(=O)Oc1cc(C)cc(OCCCON)c1. The molecule has 0 bridgehead atoms. The van der Waals surface area contributed by atoms with Crippen LogP contribution in [0, 0.1) is 6.92 Å². The van der Waals surface area contributed by atoms with Crippen molar-refractivity contribution in [1.29, 1.82) is 0 Å². The van der Waals surface area contributed by atoms with Crippen LogP contribution in [0.2, 0.25) is 0 Å². The molecule has 0 amide bonds. The summed E-state index contributed by atoms with van der Waals surface area (Å²) in [6, 6.07) is 8.82. The summed E-state index contributed by atoms with van der Waals surface area (Å²) >= 11 is 0. The van der Waals surface area contributed by atoms with E-state index in [1.165, 1.54) is 37.3 Å². The second-order valence-electron chi connectivity index (χ2n) is 7.99. The molecule has 1 aliphatic heterocycles. The first-order valence-electron chi connectivity index (χ1n) is 10.9. The molecule has 0 saturated carbocycles. The van der Waals surface area contributed by atoms with Crippen molar-refractivity contribution in [2.75, 3.05) is 32.8 Å². The molecule has 0 aliphatic carbocycles. The van der Waals surface area contributed by atoms with E-state index in [-0.39, 0.29) is 31.2 Å². The second kappa shape index (κ2) is 11.5. The molecule has 1 heterocycles. The molecule has 0 aromatic heterocycles. The Morgan fingerprint density at radius 2 is 1.77 bits per heavy atom. The van der Waals surface area contributed by atoms with Crippen LogP contribution in [0.3, 0.4) is 0 Å². The summed E-state index contributed by atoms with van der Waals surface area (Å²) in [5.74, 6) is 4.98. The van der Waals surface area contributed by atoms with Gasteiger partial charge in [-0.3, -0.25) is 4.79 Å². The van der Waals surface area contributed by atoms with E-state index in [1.54, 1.807) is 13.0 Å². The fourth-order valence-electron chi connectivity index (χ4n) is 3.67. The lowest BCUT2D eigenvalue weighted by atomic mass is 10.2. The number of benzene rings is 2. The van der Waals surface area contributed by atoms with Crippen LogP contribution >= 0.6 is 0 Å². The van der Waals surface area contributed by atoms with Crippen LogP contribution in [-0.2, 0) is 29.8 Å². The Morgan fingerprint density at radius 1 is 1.09 bits per heavy atom. The lowest BCUT2D eigenvalue weighted by molar-refractivity contribution is -0.120. The summed E-state index contributed by atoms with van der Waals surface area (Å²) in [6.45, 7) is 4.12. The number of hydrogen-bond donors (Lipinski definition) is 2. The molecule has 11 nitrogen and oxygen atoms in total. The van der Waals surface area contributed by atoms with Crippen LogP contribution in [0.1, 0.15) is 18.9 Å². The van der Waals surface area contributed by atoms with E-state index in [1.807, 2.05) is 0 Å². The third kappa shape index (κ3) is 6.57. The van der Waals surface area contributed by atoms with Crippen LogP contribution in [0.15, 0.2) is 52.3 Å². The van der Waals surface area contributed by atoms with Crippen LogP contribution < -0.4 is 20.1 Å². The average molecular weight is 528 g/mol. The van der Waals surface area contributed by atoms with Gasteiger partial charge in [-0.2, -0.15) is 12.7 Å². The molecule has 13 heteroatoms. The van der Waals surface area contributed by atoms with Gasteiger partial charge >= 0.3 is 10.1 Å². The average Bonchev–Trinajstić information content (AvgIpc) is 2.81. The molecule has 35 heavy (non-hydrogen) atoms. The highest BCUT2D eigenvalue weighted by Gasteiger charge is 2.39. The van der Waals surface area contributed by atoms with E-state index in [4.69, 9.17) is 14.8 Å². The fourth-order valence-corrected chi connectivity index (χ4v) is 7.00. The van der Waals surface area contributed by atoms with Crippen molar-refractivity contribution in [2.24, 2.45) is 5.90 Å². The van der Waals surface area contributed by atoms with E-state index in [9.17, 15) is 21.6 Å². The van der Waals surface area contributed by atoms with Crippen LogP contribution in [-0.4, -0.2) is 65.8 Å². The van der Waals surface area contributed by atoms with Gasteiger partial charge in [0.25, 0.3) is 0 Å². The van der Waals surface area contributed by atoms with Crippen molar-refractivity contribution in [3.8, 4) is 11.5 Å². The first-order chi connectivity index (χ1) is 16.6. The molecule has 0 spiro atoms. The van der Waals surface area contributed by atoms with Crippen molar-refractivity contribution in [2.45, 2.75) is 36.1 Å². The maximum Gasteiger partial charge on any atom is 0.340 e. The van der Waals surface area contributed by atoms with Gasteiger partial charge in [-0.15, -0.1) is 0 Å². The summed E-state index contributed by atoms with van der Waals surface area (Å²) in [7, 11) is -8.89. The number of ketones is 1. The Bertz CT molecular complexity index is 1270. The second-order valence-corrected chi connectivity index (χ2v) is 11.4. The summed E-state index contributed by atoms with van der Waals surface area (Å²) in [4.78, 5) is 15.6. The minimum Gasteiger partial charge on any atom is -0.493 e. The van der Waals surface area contributed by atoms with E-state index >= 15 is 0 Å². The zero-order valence-corrected chi connectivity index (χ0v) is 21.1. The van der Waals surface area contributed by atoms with Crippen LogP contribution in [0.4, 0.5) is 0 Å². The first-order valence-corrected chi connectivity index (χ1v) is 13.7. The number of aryl methyl sites for hydroxylation is 1. The molecule has 1 atom stereocenters. The Labute approximate surface area is 205 Å². The third-order valence-corrected chi connectivity index (χ3v) is 8.68. The Kier molecular flexibility index (Phi) is 8.85. The number of rotatable bonds is 11. The molecular weight excluding hydrogens is 498 g/mol. The third-order valence-electron chi connectivity index (χ3n) is 5.27. The van der Waals surface area contributed by atoms with Crippen molar-refractivity contribution in [1.82, 2.24) is 9.62 Å². The predicted octanol–water partition coefficient (Wildman–Crippen LogP) is 0.973. The maximum atomic E-state index is 13.5. The Hall–Kier alpha value is -2.55. The van der Waals surface area contributed by atoms with E-state index in [2.05, 4.69) is 10.2 Å². The van der Waals surface area contributed by atoms with Crippen LogP contribution in [0.25, 0.3) is 0 Å². The van der Waals surface area contributed by atoms with Gasteiger partial charge in [-0.05, 0) is 43.7 Å². The number of carbonyl (C=O) groups excluding carboxylic acids is 1. The van der Waals surface area contributed by atoms with Gasteiger partial charge in [0.1, 0.15) is 27.1 Å². The number of nitrogens with two attached hydrogens (primary N) is 1. The molecule has 1 aliphatic rings. The lowest BCUT2D eigenvalue weighted by Gasteiger charge is -2.33. The molecule has 192 valence electrons. The van der Waals surface area contributed by atoms with E-state index in [0.29, 0.717) is 30.9 Å². The highest BCUT2D eigenvalue weighted by molar-refractivity contribution is 7.91. The van der Waals surface area contributed by atoms with Gasteiger partial charge in [0.15, 0.2) is 0 Å². The lowest BCUT2D eigenvalue weighted by Crippen LogP contribution is -2.56. The van der Waals surface area contributed by atoms with Gasteiger partial charge in [-0.25, -0.2) is 14.3 Å². The van der Waals surface area contributed by atoms with Crippen molar-refractivity contribution in [3.63, 3.8) is 0 Å². The standard InChI is InChI=1S/C22H29N3O8S2/c1-16-12-18(31-10-5-11-32-23)14-19(13-16)33-35(29,30)22-7-4-3-6-21(22)34(27,28)25-9-8-24-15-20(25)17(2)26/h3-4,6-7,12-14,20,24H,5,8-11,15,23H2,1-2H3. The predicted molar refractivity (Wildman–Crippen MR) is 127 cm³/mol. The smallest absolute Gasteiger partial charge is 0.340 e. The molecule has 1 fully saturated rings. The van der Waals surface area contributed by atoms with Gasteiger partial charge in [-0.1, -0.05) is 12.1 Å². The highest BCUT2D eigenvalue weighted by atomic mass is 32.2. The quantitative estimate of drug-likeness (QED) is 0.245. The molecule has 2 aromatic carbocycles. The van der Waals surface area contributed by atoms with E-state index < -0.39 is 36.0 Å². The van der Waals surface area contributed by atoms with Gasteiger partial charge in [0.05, 0.1) is 19.3 Å². The Balaban J connectivity index is 1.93. The number of hydrogen-bond acceptors (Lipinski definition) is 10. The van der Waals surface area contributed by atoms with Crippen LogP contribution in [0.5, 0.6) is 11.5 Å². The monoisotopic (exact) mass is 527 g/mol. The zero-order chi connectivity index (χ0) is 25.6. The number of sulfonamides is 1. The first kappa shape index (κ1) is 27.0. The van der Waals surface area contributed by atoms with Crippen molar-refractivity contribution in [3.05, 3.63) is 48.0 Å². The normalized spacial score (nSPS) is 17.2. The number of nitrogens with one attached hydrogen (secondary N) is 1. The molecular formula is C22H29N3O8S2. The molecule has 1 saturated heterocycles. The minimum atomic E-state index is -4.56. The number of ether oxygens (including phenoxy) is 1. The highest BCUT2D eigenvalue weighted by Crippen LogP contribution is 2.30. The summed E-state index contributed by atoms with van der Waals surface area (Å²) in [5.41, 5.74) is 0.675.